The first-order valence-electron chi connectivity index (χ1n) is 8.41. The summed E-state index contributed by atoms with van der Waals surface area (Å²) in [6.07, 6.45) is 2.14. The van der Waals surface area contributed by atoms with Crippen molar-refractivity contribution in [1.29, 1.82) is 0 Å². The van der Waals surface area contributed by atoms with Gasteiger partial charge in [0.2, 0.25) is 11.8 Å². The summed E-state index contributed by atoms with van der Waals surface area (Å²) in [6, 6.07) is 5.51. The molecule has 0 aromatic heterocycles. The van der Waals surface area contributed by atoms with Gasteiger partial charge in [0.15, 0.2) is 0 Å². The van der Waals surface area contributed by atoms with Crippen molar-refractivity contribution in [2.75, 3.05) is 0 Å². The van der Waals surface area contributed by atoms with E-state index in [1.54, 1.807) is 19.1 Å². The van der Waals surface area contributed by atoms with Crippen molar-refractivity contribution in [1.82, 2.24) is 16.0 Å². The number of nitrogens with one attached hydrogen (secondary N) is 3. The maximum absolute atomic E-state index is 12.6. The minimum absolute atomic E-state index is 0.0629. The third-order valence-corrected chi connectivity index (χ3v) is 5.48. The van der Waals surface area contributed by atoms with Crippen molar-refractivity contribution in [3.05, 3.63) is 29.8 Å². The van der Waals surface area contributed by atoms with Crippen LogP contribution in [0.4, 0.5) is 13.2 Å². The Balaban J connectivity index is 1.71. The number of amides is 2. The maximum atomic E-state index is 12.6. The summed E-state index contributed by atoms with van der Waals surface area (Å²) in [5.74, 6) is -0.451. The quantitative estimate of drug-likeness (QED) is 0.695. The monoisotopic (exact) mass is 387 g/mol. The molecule has 1 aromatic rings. The highest BCUT2D eigenvalue weighted by molar-refractivity contribution is 8.00. The molecule has 2 atom stereocenters. The van der Waals surface area contributed by atoms with Crippen LogP contribution >= 0.6 is 11.8 Å². The van der Waals surface area contributed by atoms with E-state index < -0.39 is 17.1 Å². The van der Waals surface area contributed by atoms with Crippen LogP contribution in [0, 0.1) is 0 Å². The number of hydrogen-bond donors (Lipinski definition) is 3. The Labute approximate surface area is 153 Å². The summed E-state index contributed by atoms with van der Waals surface area (Å²) in [5.41, 5.74) is -4.11. The van der Waals surface area contributed by atoms with E-state index in [1.165, 1.54) is 12.1 Å². The van der Waals surface area contributed by atoms with E-state index in [0.717, 1.165) is 24.8 Å². The first-order valence-corrected chi connectivity index (χ1v) is 9.22. The number of carbonyl (C=O) groups is 2. The molecule has 2 aliphatic rings. The Hall–Kier alpha value is -1.74. The average molecular weight is 387 g/mol. The van der Waals surface area contributed by atoms with Crippen LogP contribution in [-0.4, -0.2) is 29.5 Å². The second-order valence-corrected chi connectivity index (χ2v) is 7.85. The number of carbonyl (C=O) groups excluding carboxylic acids is 2. The zero-order valence-electron chi connectivity index (χ0n) is 14.2. The normalized spacial score (nSPS) is 25.2. The highest BCUT2D eigenvalue weighted by Crippen LogP contribution is 2.43. The Bertz CT molecular complexity index is 689. The molecule has 1 saturated carbocycles. The van der Waals surface area contributed by atoms with Crippen molar-refractivity contribution in [3.63, 3.8) is 0 Å². The third kappa shape index (κ3) is 4.32. The molecule has 2 unspecified atom stereocenters. The van der Waals surface area contributed by atoms with Gasteiger partial charge in [-0.25, -0.2) is 0 Å². The van der Waals surface area contributed by atoms with Crippen LogP contribution < -0.4 is 16.0 Å². The lowest BCUT2D eigenvalue weighted by Crippen LogP contribution is -2.62. The number of benzene rings is 1. The van der Waals surface area contributed by atoms with Crippen molar-refractivity contribution in [2.45, 2.75) is 60.8 Å². The van der Waals surface area contributed by atoms with Crippen LogP contribution in [0.5, 0.6) is 0 Å². The summed E-state index contributed by atoms with van der Waals surface area (Å²) in [7, 11) is 0. The van der Waals surface area contributed by atoms with Gasteiger partial charge in [-0.2, -0.15) is 13.2 Å². The number of alkyl halides is 3. The van der Waals surface area contributed by atoms with E-state index in [4.69, 9.17) is 0 Å². The lowest BCUT2D eigenvalue weighted by Gasteiger charge is -2.44. The molecule has 0 bridgehead atoms. The Morgan fingerprint density at radius 3 is 2.42 bits per heavy atom. The first kappa shape index (κ1) is 19.0. The SMILES string of the molecule is CC1NC(=O)CC(C(=O)NC2(c3ccc(SC(F)(F)F)cc3)CCC2)N1. The van der Waals surface area contributed by atoms with E-state index in [9.17, 15) is 22.8 Å². The molecule has 3 N–H and O–H groups in total. The molecule has 1 saturated heterocycles. The van der Waals surface area contributed by atoms with Gasteiger partial charge in [0, 0.05) is 4.90 Å². The molecular formula is C17H20F3N3O2S. The van der Waals surface area contributed by atoms with Crippen LogP contribution in [0.2, 0.25) is 0 Å². The molecule has 1 aromatic carbocycles. The predicted molar refractivity (Wildman–Crippen MR) is 91.2 cm³/mol. The molecule has 2 amide bonds. The van der Waals surface area contributed by atoms with Crippen LogP contribution in [0.1, 0.15) is 38.2 Å². The smallest absolute Gasteiger partial charge is 0.345 e. The van der Waals surface area contributed by atoms with Gasteiger partial charge in [0.05, 0.1) is 24.2 Å². The Kier molecular flexibility index (Phi) is 5.21. The molecule has 1 heterocycles. The number of thioether (sulfide) groups is 1. The lowest BCUT2D eigenvalue weighted by atomic mass is 9.71. The van der Waals surface area contributed by atoms with Crippen molar-refractivity contribution in [3.8, 4) is 0 Å². The van der Waals surface area contributed by atoms with E-state index in [-0.39, 0.29) is 41.1 Å². The van der Waals surface area contributed by atoms with Gasteiger partial charge in [0.1, 0.15) is 0 Å². The second-order valence-electron chi connectivity index (χ2n) is 6.71. The molecule has 142 valence electrons. The van der Waals surface area contributed by atoms with Gasteiger partial charge in [-0.15, -0.1) is 0 Å². The van der Waals surface area contributed by atoms with Crippen molar-refractivity contribution in [2.24, 2.45) is 0 Å². The van der Waals surface area contributed by atoms with Gasteiger partial charge < -0.3 is 10.6 Å². The van der Waals surface area contributed by atoms with Crippen LogP contribution in [0.25, 0.3) is 0 Å². The summed E-state index contributed by atoms with van der Waals surface area (Å²) >= 11 is -0.159. The van der Waals surface area contributed by atoms with Gasteiger partial charge in [-0.1, -0.05) is 12.1 Å². The van der Waals surface area contributed by atoms with E-state index >= 15 is 0 Å². The highest BCUT2D eigenvalue weighted by atomic mass is 32.2. The average Bonchev–Trinajstić information content (AvgIpc) is 2.49. The Morgan fingerprint density at radius 2 is 1.92 bits per heavy atom. The van der Waals surface area contributed by atoms with E-state index in [2.05, 4.69) is 16.0 Å². The molecule has 9 heteroatoms. The van der Waals surface area contributed by atoms with Crippen molar-refractivity contribution < 1.29 is 22.8 Å². The Morgan fingerprint density at radius 1 is 1.27 bits per heavy atom. The third-order valence-electron chi connectivity index (χ3n) is 4.74. The number of rotatable bonds is 4. The standard InChI is InChI=1S/C17H20F3N3O2S/c1-10-21-13(9-14(24)22-10)15(25)23-16(7-2-8-16)11-3-5-12(6-4-11)26-17(18,19)20/h3-6,10,13,21H,2,7-9H2,1H3,(H,22,24)(H,23,25). The van der Waals surface area contributed by atoms with Gasteiger partial charge in [-0.05, 0) is 55.6 Å². The minimum atomic E-state index is -4.33. The fraction of sp³-hybridized carbons (Fsp3) is 0.529. The zero-order chi connectivity index (χ0) is 18.9. The summed E-state index contributed by atoms with van der Waals surface area (Å²) in [6.45, 7) is 1.76. The largest absolute Gasteiger partial charge is 0.446 e. The minimum Gasteiger partial charge on any atom is -0.345 e. The summed E-state index contributed by atoms with van der Waals surface area (Å²) < 4.78 is 37.4. The zero-order valence-corrected chi connectivity index (χ0v) is 15.0. The van der Waals surface area contributed by atoms with E-state index in [0.29, 0.717) is 0 Å². The number of halogens is 3. The fourth-order valence-electron chi connectivity index (χ4n) is 3.37. The van der Waals surface area contributed by atoms with Crippen molar-refractivity contribution >= 4 is 23.6 Å². The van der Waals surface area contributed by atoms with Gasteiger partial charge in [-0.3, -0.25) is 14.9 Å². The van der Waals surface area contributed by atoms with E-state index in [1.807, 2.05) is 0 Å². The summed E-state index contributed by atoms with van der Waals surface area (Å²) in [4.78, 5) is 24.4. The molecule has 0 spiro atoms. The molecule has 5 nitrogen and oxygen atoms in total. The van der Waals surface area contributed by atoms with Gasteiger partial charge >= 0.3 is 5.51 Å². The fourth-order valence-corrected chi connectivity index (χ4v) is 3.91. The molecule has 2 fully saturated rings. The highest BCUT2D eigenvalue weighted by Gasteiger charge is 2.42. The molecule has 26 heavy (non-hydrogen) atoms. The second kappa shape index (κ2) is 7.11. The van der Waals surface area contributed by atoms with Crippen LogP contribution in [0.15, 0.2) is 29.2 Å². The van der Waals surface area contributed by atoms with Gasteiger partial charge in [0.25, 0.3) is 0 Å². The van der Waals surface area contributed by atoms with Crippen LogP contribution in [-0.2, 0) is 15.1 Å². The predicted octanol–water partition coefficient (Wildman–Crippen LogP) is 2.62. The molecule has 3 rings (SSSR count). The molecule has 0 radical (unpaired) electrons. The molecule has 1 aliphatic heterocycles. The molecular weight excluding hydrogens is 367 g/mol. The van der Waals surface area contributed by atoms with Crippen LogP contribution in [0.3, 0.4) is 0 Å². The lowest BCUT2D eigenvalue weighted by molar-refractivity contribution is -0.133. The summed E-state index contributed by atoms with van der Waals surface area (Å²) in [5, 5.41) is 8.73. The first-order chi connectivity index (χ1) is 12.2. The number of hydrogen-bond acceptors (Lipinski definition) is 4. The molecule has 1 aliphatic carbocycles. The topological polar surface area (TPSA) is 70.2 Å². The maximum Gasteiger partial charge on any atom is 0.446 e.